The van der Waals surface area contributed by atoms with Crippen molar-refractivity contribution in [2.24, 2.45) is 5.92 Å². The summed E-state index contributed by atoms with van der Waals surface area (Å²) in [5, 5.41) is 13.8. The van der Waals surface area contributed by atoms with Gasteiger partial charge in [0.2, 0.25) is 5.91 Å². The fourth-order valence-corrected chi connectivity index (χ4v) is 5.40. The first-order valence-electron chi connectivity index (χ1n) is 10.1. The van der Waals surface area contributed by atoms with Crippen LogP contribution in [0.5, 0.6) is 0 Å². The number of carbonyl (C=O) groups is 2. The molecule has 0 aromatic heterocycles. The number of aliphatic carboxylic acids is 1. The number of rotatable bonds is 6. The predicted octanol–water partition coefficient (Wildman–Crippen LogP) is 4.96. The molecular weight excluding hydrogens is 423 g/mol. The molecular formula is C23H24Cl2N2O3. The lowest BCUT2D eigenvalue weighted by atomic mass is 9.81. The maximum Gasteiger partial charge on any atom is 0.317 e. The first kappa shape index (κ1) is 21.2. The van der Waals surface area contributed by atoms with E-state index >= 15 is 0 Å². The highest BCUT2D eigenvalue weighted by molar-refractivity contribution is 6.31. The van der Waals surface area contributed by atoms with Crippen molar-refractivity contribution < 1.29 is 14.7 Å². The second kappa shape index (κ2) is 8.22. The molecule has 5 nitrogen and oxygen atoms in total. The highest BCUT2D eigenvalue weighted by Gasteiger charge is 2.54. The number of carboxylic acids is 1. The molecule has 2 aromatic carbocycles. The van der Waals surface area contributed by atoms with Crippen LogP contribution in [0.1, 0.15) is 37.3 Å². The van der Waals surface area contributed by atoms with Crippen molar-refractivity contribution in [1.82, 2.24) is 4.90 Å². The number of hydrogen-bond donors (Lipinski definition) is 2. The van der Waals surface area contributed by atoms with Gasteiger partial charge in [0, 0.05) is 33.8 Å². The zero-order valence-electron chi connectivity index (χ0n) is 16.7. The molecule has 1 saturated carbocycles. The largest absolute Gasteiger partial charge is 0.480 e. The average molecular weight is 447 g/mol. The van der Waals surface area contributed by atoms with Crippen LogP contribution in [0.2, 0.25) is 10.0 Å². The van der Waals surface area contributed by atoms with E-state index < -0.39 is 11.5 Å². The lowest BCUT2D eigenvalue weighted by Crippen LogP contribution is -2.57. The molecule has 0 radical (unpaired) electrons. The summed E-state index contributed by atoms with van der Waals surface area (Å²) < 4.78 is 0. The Bertz CT molecular complexity index is 996. The van der Waals surface area contributed by atoms with Gasteiger partial charge in [-0.1, -0.05) is 48.3 Å². The van der Waals surface area contributed by atoms with E-state index in [1.165, 1.54) is 0 Å². The van der Waals surface area contributed by atoms with Crippen LogP contribution in [0, 0.1) is 5.92 Å². The number of halogens is 2. The molecule has 1 unspecified atom stereocenters. The number of carboxylic acid groups (broad SMARTS) is 1. The van der Waals surface area contributed by atoms with Crippen molar-refractivity contribution >= 4 is 40.8 Å². The van der Waals surface area contributed by atoms with Gasteiger partial charge >= 0.3 is 5.97 Å². The topological polar surface area (TPSA) is 69.6 Å². The normalized spacial score (nSPS) is 25.4. The van der Waals surface area contributed by atoms with Gasteiger partial charge in [-0.3, -0.25) is 14.5 Å². The van der Waals surface area contributed by atoms with Crippen LogP contribution >= 0.6 is 23.2 Å². The van der Waals surface area contributed by atoms with Crippen LogP contribution in [0.4, 0.5) is 5.69 Å². The minimum absolute atomic E-state index is 0.00247. The summed E-state index contributed by atoms with van der Waals surface area (Å²) in [4.78, 5) is 27.4. The van der Waals surface area contributed by atoms with Crippen molar-refractivity contribution in [2.45, 2.75) is 44.2 Å². The van der Waals surface area contributed by atoms with Gasteiger partial charge < -0.3 is 10.4 Å². The quantitative estimate of drug-likeness (QED) is 0.657. The van der Waals surface area contributed by atoms with E-state index in [9.17, 15) is 14.7 Å². The van der Waals surface area contributed by atoms with E-state index in [-0.39, 0.29) is 18.5 Å². The molecule has 0 bridgehead atoms. The molecule has 0 spiro atoms. The zero-order valence-corrected chi connectivity index (χ0v) is 18.2. The summed E-state index contributed by atoms with van der Waals surface area (Å²) in [5.74, 6) is -0.681. The molecule has 30 heavy (non-hydrogen) atoms. The van der Waals surface area contributed by atoms with E-state index in [1.807, 2.05) is 29.2 Å². The Hall–Kier alpha value is -2.08. The summed E-state index contributed by atoms with van der Waals surface area (Å²) in [6, 6.07) is 12.7. The molecule has 1 amide bonds. The van der Waals surface area contributed by atoms with Crippen molar-refractivity contribution in [3.8, 4) is 0 Å². The Morgan fingerprint density at radius 2 is 1.97 bits per heavy atom. The Balaban J connectivity index is 1.88. The number of amides is 1. The zero-order chi connectivity index (χ0) is 21.5. The summed E-state index contributed by atoms with van der Waals surface area (Å²) in [6.45, 7) is 1.96. The molecule has 4 rings (SSSR count). The van der Waals surface area contributed by atoms with Crippen LogP contribution in [0.25, 0.3) is 0 Å². The molecule has 1 aliphatic heterocycles. The van der Waals surface area contributed by atoms with Crippen molar-refractivity contribution in [3.63, 3.8) is 0 Å². The fraction of sp³-hybridized carbons (Fsp3) is 0.391. The Morgan fingerprint density at radius 1 is 1.20 bits per heavy atom. The molecule has 1 heterocycles. The van der Waals surface area contributed by atoms with Gasteiger partial charge in [-0.25, -0.2) is 0 Å². The number of nitrogens with one attached hydrogen (secondary N) is 1. The Labute approximate surface area is 186 Å². The fourth-order valence-electron chi connectivity index (χ4n) is 5.01. The standard InChI is InChI=1S/C23H24Cl2N2O3/c1-14-5-7-18(9-14)27(13-21(28)29)23(12-15-3-2-4-16(24)10-15)19-8-6-17(25)11-20(19)26-22(23)30/h2-4,6,8,10-11,14,18H,5,7,9,12-13H2,1H3,(H,26,30)(H,28,29)/t14-,18-,23?/m1/s1. The maximum atomic E-state index is 13.6. The van der Waals surface area contributed by atoms with Crippen molar-refractivity contribution in [1.29, 1.82) is 0 Å². The average Bonchev–Trinajstić information content (AvgIpc) is 3.21. The van der Waals surface area contributed by atoms with Crippen LogP contribution in [0.15, 0.2) is 42.5 Å². The van der Waals surface area contributed by atoms with Crippen LogP contribution in [-0.2, 0) is 21.5 Å². The van der Waals surface area contributed by atoms with Gasteiger partial charge in [0.1, 0.15) is 5.54 Å². The third-order valence-electron chi connectivity index (χ3n) is 6.30. The van der Waals surface area contributed by atoms with E-state index in [2.05, 4.69) is 12.2 Å². The van der Waals surface area contributed by atoms with Crippen molar-refractivity contribution in [2.75, 3.05) is 11.9 Å². The summed E-state index contributed by atoms with van der Waals surface area (Å²) >= 11 is 12.4. The summed E-state index contributed by atoms with van der Waals surface area (Å²) in [7, 11) is 0. The number of benzene rings is 2. The summed E-state index contributed by atoms with van der Waals surface area (Å²) in [6.07, 6.45) is 3.07. The molecule has 2 aliphatic rings. The predicted molar refractivity (Wildman–Crippen MR) is 118 cm³/mol. The van der Waals surface area contributed by atoms with Gasteiger partial charge in [-0.2, -0.15) is 0 Å². The Kier molecular flexibility index (Phi) is 5.80. The first-order valence-corrected chi connectivity index (χ1v) is 10.9. The minimum Gasteiger partial charge on any atom is -0.480 e. The molecule has 158 valence electrons. The second-order valence-electron chi connectivity index (χ2n) is 8.40. The van der Waals surface area contributed by atoms with Gasteiger partial charge in [0.05, 0.1) is 6.54 Å². The van der Waals surface area contributed by atoms with Gasteiger partial charge in [-0.15, -0.1) is 0 Å². The minimum atomic E-state index is -1.14. The van der Waals surface area contributed by atoms with E-state index in [4.69, 9.17) is 23.2 Å². The third-order valence-corrected chi connectivity index (χ3v) is 6.77. The molecule has 2 N–H and O–H groups in total. The van der Waals surface area contributed by atoms with Gasteiger partial charge in [0.25, 0.3) is 0 Å². The number of anilines is 1. The first-order chi connectivity index (χ1) is 14.3. The lowest BCUT2D eigenvalue weighted by molar-refractivity contribution is -0.144. The monoisotopic (exact) mass is 446 g/mol. The molecule has 3 atom stereocenters. The number of hydrogen-bond acceptors (Lipinski definition) is 3. The van der Waals surface area contributed by atoms with Crippen LogP contribution in [-0.4, -0.2) is 34.5 Å². The SMILES string of the molecule is C[C@@H]1CC[C@@H](N(CC(=O)O)C2(Cc3cccc(Cl)c3)C(=O)Nc3cc(Cl)ccc32)C1. The molecule has 2 aromatic rings. The van der Waals surface area contributed by atoms with E-state index in [0.717, 1.165) is 30.4 Å². The number of fused-ring (bicyclic) bond motifs is 1. The molecule has 1 fully saturated rings. The second-order valence-corrected chi connectivity index (χ2v) is 9.28. The number of nitrogens with zero attached hydrogens (tertiary/aromatic N) is 1. The highest BCUT2D eigenvalue weighted by Crippen LogP contribution is 2.47. The van der Waals surface area contributed by atoms with Gasteiger partial charge in [0.15, 0.2) is 0 Å². The van der Waals surface area contributed by atoms with Crippen molar-refractivity contribution in [3.05, 3.63) is 63.6 Å². The van der Waals surface area contributed by atoms with Crippen LogP contribution < -0.4 is 5.32 Å². The maximum absolute atomic E-state index is 13.6. The van der Waals surface area contributed by atoms with Crippen LogP contribution in [0.3, 0.4) is 0 Å². The molecule has 0 saturated heterocycles. The molecule has 7 heteroatoms. The smallest absolute Gasteiger partial charge is 0.317 e. The van der Waals surface area contributed by atoms with Gasteiger partial charge in [-0.05, 0) is 55.0 Å². The molecule has 1 aliphatic carbocycles. The highest BCUT2D eigenvalue weighted by atomic mass is 35.5. The number of carbonyl (C=O) groups excluding carboxylic acids is 1. The summed E-state index contributed by atoms with van der Waals surface area (Å²) in [5.41, 5.74) is 1.13. The Morgan fingerprint density at radius 3 is 2.63 bits per heavy atom. The van der Waals surface area contributed by atoms with E-state index in [1.54, 1.807) is 18.2 Å². The third kappa shape index (κ3) is 3.82. The lowest BCUT2D eigenvalue weighted by Gasteiger charge is -2.43. The van der Waals surface area contributed by atoms with E-state index in [0.29, 0.717) is 28.1 Å².